The molecule has 2 aromatic rings. The molecule has 1 saturated carbocycles. The molecule has 31 heavy (non-hydrogen) atoms. The molecule has 2 aliphatic rings. The van der Waals surface area contributed by atoms with Crippen LogP contribution in [0.3, 0.4) is 0 Å². The van der Waals surface area contributed by atoms with Gasteiger partial charge in [0.2, 0.25) is 5.95 Å². The van der Waals surface area contributed by atoms with Gasteiger partial charge in [0.15, 0.2) is 0 Å². The lowest BCUT2D eigenvalue weighted by molar-refractivity contribution is 0.219. The Labute approximate surface area is 184 Å². The van der Waals surface area contributed by atoms with Crippen molar-refractivity contribution in [2.24, 2.45) is 11.8 Å². The second-order valence-electron chi connectivity index (χ2n) is 8.77. The molecule has 0 unspecified atom stereocenters. The first-order valence-corrected chi connectivity index (χ1v) is 12.5. The number of nitrogen functional groups attached to an aromatic ring is 1. The van der Waals surface area contributed by atoms with Gasteiger partial charge in [-0.1, -0.05) is 12.1 Å². The molecule has 1 aromatic heterocycles. The zero-order chi connectivity index (χ0) is 21.8. The molecule has 4 rings (SSSR count). The number of para-hydroxylation sites is 1. The number of nitrogens with zero attached hydrogens (tertiary/aromatic N) is 4. The van der Waals surface area contributed by atoms with E-state index in [1.54, 1.807) is 4.31 Å². The number of hydrogen-bond acceptors (Lipinski definition) is 7. The van der Waals surface area contributed by atoms with Crippen LogP contribution in [0, 0.1) is 11.8 Å². The molecule has 1 aliphatic carbocycles. The SMILES string of the molecule is CN1CCN(S(=O)(=O)NCC2CCC(CNc3nc(N)c4ccccc4n3)CC2)CC1. The summed E-state index contributed by atoms with van der Waals surface area (Å²) < 4.78 is 29.5. The van der Waals surface area contributed by atoms with Gasteiger partial charge in [0.25, 0.3) is 10.2 Å². The number of likely N-dealkylation sites (N-methyl/N-ethyl adjacent to an activating group) is 1. The first-order valence-electron chi connectivity index (χ1n) is 11.1. The second-order valence-corrected chi connectivity index (χ2v) is 10.5. The largest absolute Gasteiger partial charge is 0.383 e. The first-order chi connectivity index (χ1) is 14.9. The summed E-state index contributed by atoms with van der Waals surface area (Å²) in [5, 5.41) is 4.21. The minimum atomic E-state index is -3.37. The topological polar surface area (TPSA) is 116 Å². The average molecular weight is 448 g/mol. The maximum atomic E-state index is 12.5. The second kappa shape index (κ2) is 9.64. The molecule has 1 aliphatic heterocycles. The Morgan fingerprint density at radius 3 is 2.35 bits per heavy atom. The lowest BCUT2D eigenvalue weighted by Gasteiger charge is -2.33. The van der Waals surface area contributed by atoms with Crippen LogP contribution in [0.2, 0.25) is 0 Å². The van der Waals surface area contributed by atoms with E-state index in [2.05, 4.69) is 24.9 Å². The van der Waals surface area contributed by atoms with Crippen molar-refractivity contribution in [1.82, 2.24) is 23.9 Å². The molecule has 4 N–H and O–H groups in total. The normalized spacial score (nSPS) is 23.8. The smallest absolute Gasteiger partial charge is 0.279 e. The fourth-order valence-electron chi connectivity index (χ4n) is 4.40. The van der Waals surface area contributed by atoms with E-state index in [1.807, 2.05) is 31.3 Å². The first kappa shape index (κ1) is 22.2. The Balaban J connectivity index is 1.21. The summed E-state index contributed by atoms with van der Waals surface area (Å²) in [4.78, 5) is 11.1. The minimum Gasteiger partial charge on any atom is -0.383 e. The van der Waals surface area contributed by atoms with Crippen molar-refractivity contribution >= 4 is 32.9 Å². The molecular formula is C21H33N7O2S. The monoisotopic (exact) mass is 447 g/mol. The molecule has 2 heterocycles. The number of nitrogens with two attached hydrogens (primary N) is 1. The maximum absolute atomic E-state index is 12.5. The molecule has 1 aromatic carbocycles. The predicted octanol–water partition coefficient (Wildman–Crippen LogP) is 1.51. The number of benzene rings is 1. The molecular weight excluding hydrogens is 414 g/mol. The van der Waals surface area contributed by atoms with Gasteiger partial charge in [-0.05, 0) is 56.7 Å². The van der Waals surface area contributed by atoms with Crippen LogP contribution in [-0.2, 0) is 10.2 Å². The van der Waals surface area contributed by atoms with Crippen molar-refractivity contribution in [1.29, 1.82) is 0 Å². The number of nitrogens with one attached hydrogen (secondary N) is 2. The van der Waals surface area contributed by atoms with Gasteiger partial charge in [-0.25, -0.2) is 9.71 Å². The summed E-state index contributed by atoms with van der Waals surface area (Å²) >= 11 is 0. The molecule has 0 spiro atoms. The van der Waals surface area contributed by atoms with E-state index >= 15 is 0 Å². The number of aromatic nitrogens is 2. The van der Waals surface area contributed by atoms with Gasteiger partial charge in [-0.3, -0.25) is 0 Å². The molecule has 9 nitrogen and oxygen atoms in total. The van der Waals surface area contributed by atoms with Crippen LogP contribution in [-0.4, -0.2) is 73.9 Å². The summed E-state index contributed by atoms with van der Waals surface area (Å²) in [6.45, 7) is 4.02. The van der Waals surface area contributed by atoms with Crippen LogP contribution in [0.5, 0.6) is 0 Å². The number of piperazine rings is 1. The van der Waals surface area contributed by atoms with E-state index in [1.165, 1.54) is 0 Å². The van der Waals surface area contributed by atoms with Gasteiger partial charge in [0.05, 0.1) is 5.52 Å². The molecule has 1 saturated heterocycles. The van der Waals surface area contributed by atoms with E-state index < -0.39 is 10.2 Å². The zero-order valence-corrected chi connectivity index (χ0v) is 18.9. The Morgan fingerprint density at radius 2 is 1.65 bits per heavy atom. The van der Waals surface area contributed by atoms with Gasteiger partial charge in [-0.15, -0.1) is 0 Å². The van der Waals surface area contributed by atoms with Crippen molar-refractivity contribution in [3.8, 4) is 0 Å². The highest BCUT2D eigenvalue weighted by atomic mass is 32.2. The van der Waals surface area contributed by atoms with Crippen molar-refractivity contribution in [3.05, 3.63) is 24.3 Å². The van der Waals surface area contributed by atoms with Crippen LogP contribution in [0.4, 0.5) is 11.8 Å². The van der Waals surface area contributed by atoms with E-state index in [4.69, 9.17) is 5.73 Å². The third-order valence-electron chi connectivity index (χ3n) is 6.50. The molecule has 0 bridgehead atoms. The highest BCUT2D eigenvalue weighted by Crippen LogP contribution is 2.29. The van der Waals surface area contributed by atoms with Crippen LogP contribution in [0.15, 0.2) is 24.3 Å². The summed E-state index contributed by atoms with van der Waals surface area (Å²) in [6.07, 6.45) is 4.19. The fraction of sp³-hybridized carbons (Fsp3) is 0.619. The van der Waals surface area contributed by atoms with Crippen molar-refractivity contribution in [2.45, 2.75) is 25.7 Å². The third-order valence-corrected chi connectivity index (χ3v) is 8.08. The zero-order valence-electron chi connectivity index (χ0n) is 18.1. The molecule has 0 amide bonds. The van der Waals surface area contributed by atoms with Gasteiger partial charge < -0.3 is 16.0 Å². The molecule has 10 heteroatoms. The Bertz CT molecular complexity index is 984. The number of anilines is 2. The van der Waals surface area contributed by atoms with Gasteiger partial charge in [0, 0.05) is 44.7 Å². The standard InChI is InChI=1S/C21H33N7O2S/c1-27-10-12-28(13-11-27)31(29,30)24-15-17-8-6-16(7-9-17)14-23-21-25-19-5-3-2-4-18(19)20(22)26-21/h2-5,16-17,24H,6-15H2,1H3,(H3,22,23,25,26). The van der Waals surface area contributed by atoms with E-state index in [9.17, 15) is 8.42 Å². The minimum absolute atomic E-state index is 0.394. The Kier molecular flexibility index (Phi) is 6.90. The van der Waals surface area contributed by atoms with Crippen LogP contribution in [0.1, 0.15) is 25.7 Å². The van der Waals surface area contributed by atoms with Gasteiger partial charge in [0.1, 0.15) is 5.82 Å². The van der Waals surface area contributed by atoms with Crippen molar-refractivity contribution in [3.63, 3.8) is 0 Å². The average Bonchev–Trinajstić information content (AvgIpc) is 2.77. The maximum Gasteiger partial charge on any atom is 0.279 e. The van der Waals surface area contributed by atoms with E-state index in [0.717, 1.165) is 56.2 Å². The van der Waals surface area contributed by atoms with Crippen LogP contribution < -0.4 is 15.8 Å². The third kappa shape index (κ3) is 5.62. The summed E-state index contributed by atoms with van der Waals surface area (Å²) in [5.41, 5.74) is 6.90. The molecule has 0 atom stereocenters. The van der Waals surface area contributed by atoms with Crippen molar-refractivity contribution < 1.29 is 8.42 Å². The fourth-order valence-corrected chi connectivity index (χ4v) is 5.67. The van der Waals surface area contributed by atoms with Gasteiger partial charge >= 0.3 is 0 Å². The quantitative estimate of drug-likeness (QED) is 0.589. The number of rotatable bonds is 7. The predicted molar refractivity (Wildman–Crippen MR) is 124 cm³/mol. The summed E-state index contributed by atoms with van der Waals surface area (Å²) in [6, 6.07) is 7.73. The number of fused-ring (bicyclic) bond motifs is 1. The highest BCUT2D eigenvalue weighted by Gasteiger charge is 2.27. The lowest BCUT2D eigenvalue weighted by atomic mass is 9.82. The van der Waals surface area contributed by atoms with Crippen molar-refractivity contribution in [2.75, 3.05) is 57.4 Å². The summed E-state index contributed by atoms with van der Waals surface area (Å²) in [5.74, 6) is 1.98. The molecule has 2 fully saturated rings. The van der Waals surface area contributed by atoms with E-state index in [0.29, 0.717) is 43.2 Å². The Hall–Kier alpha value is -2.01. The molecule has 0 radical (unpaired) electrons. The lowest BCUT2D eigenvalue weighted by Crippen LogP contribution is -2.51. The van der Waals surface area contributed by atoms with Crippen LogP contribution in [0.25, 0.3) is 10.9 Å². The highest BCUT2D eigenvalue weighted by molar-refractivity contribution is 7.87. The molecule has 170 valence electrons. The Morgan fingerprint density at radius 1 is 1.00 bits per heavy atom. The van der Waals surface area contributed by atoms with E-state index in [-0.39, 0.29) is 0 Å². The number of hydrogen-bond donors (Lipinski definition) is 3. The summed E-state index contributed by atoms with van der Waals surface area (Å²) in [7, 11) is -1.35. The van der Waals surface area contributed by atoms with Gasteiger partial charge in [-0.2, -0.15) is 17.7 Å². The van der Waals surface area contributed by atoms with Crippen LogP contribution >= 0.6 is 0 Å².